The van der Waals surface area contributed by atoms with Crippen LogP contribution in [-0.4, -0.2) is 88.1 Å². The van der Waals surface area contributed by atoms with Crippen molar-refractivity contribution in [2.45, 2.75) is 26.4 Å². The molecule has 126 valence electrons. The second-order valence-corrected chi connectivity index (χ2v) is 6.37. The molecule has 0 unspecified atom stereocenters. The third-order valence-corrected chi connectivity index (χ3v) is 3.75. The fourth-order valence-corrected chi connectivity index (χ4v) is 2.46. The lowest BCUT2D eigenvalue weighted by Gasteiger charge is -2.31. The predicted molar refractivity (Wildman–Crippen MR) is 85.1 cm³/mol. The van der Waals surface area contributed by atoms with Gasteiger partial charge in [-0.2, -0.15) is 0 Å². The molecule has 1 aromatic heterocycles. The van der Waals surface area contributed by atoms with Crippen molar-refractivity contribution < 1.29 is 4.79 Å². The van der Waals surface area contributed by atoms with Crippen LogP contribution in [0.1, 0.15) is 19.7 Å². The first-order chi connectivity index (χ1) is 10.2. The van der Waals surface area contributed by atoms with E-state index >= 15 is 0 Å². The van der Waals surface area contributed by atoms with Crippen LogP contribution in [0.2, 0.25) is 0 Å². The first-order valence-corrected chi connectivity index (χ1v) is 7.55. The van der Waals surface area contributed by atoms with Gasteiger partial charge in [0.15, 0.2) is 5.82 Å². The molecule has 8 heteroatoms. The van der Waals surface area contributed by atoms with Gasteiger partial charge in [0.05, 0.1) is 12.6 Å². The predicted octanol–water partition coefficient (Wildman–Crippen LogP) is -0.313. The van der Waals surface area contributed by atoms with Gasteiger partial charge in [0.2, 0.25) is 5.91 Å². The zero-order valence-electron chi connectivity index (χ0n) is 14.8. The number of nitrogens with zero attached hydrogens (tertiary/aromatic N) is 7. The molecule has 0 fully saturated rings. The van der Waals surface area contributed by atoms with Crippen LogP contribution in [0.3, 0.4) is 0 Å². The van der Waals surface area contributed by atoms with Gasteiger partial charge in [-0.3, -0.25) is 14.6 Å². The Bertz CT molecular complexity index is 464. The summed E-state index contributed by atoms with van der Waals surface area (Å²) in [5.74, 6) is 1.26. The highest BCUT2D eigenvalue weighted by Gasteiger charge is 2.27. The third-order valence-electron chi connectivity index (χ3n) is 3.75. The summed E-state index contributed by atoms with van der Waals surface area (Å²) in [7, 11) is 9.58. The average molecular weight is 311 g/mol. The maximum atomic E-state index is 12.5. The van der Waals surface area contributed by atoms with E-state index in [2.05, 4.69) is 34.3 Å². The van der Waals surface area contributed by atoms with Gasteiger partial charge in [0.25, 0.3) is 0 Å². The zero-order valence-corrected chi connectivity index (χ0v) is 14.8. The lowest BCUT2D eigenvalue weighted by Crippen LogP contribution is -2.48. The third kappa shape index (κ3) is 5.03. The highest BCUT2D eigenvalue weighted by Crippen LogP contribution is 2.10. The van der Waals surface area contributed by atoms with Crippen LogP contribution in [0.15, 0.2) is 0 Å². The van der Waals surface area contributed by atoms with Gasteiger partial charge in [0, 0.05) is 27.2 Å². The maximum absolute atomic E-state index is 12.5. The second-order valence-electron chi connectivity index (χ2n) is 6.37. The molecule has 0 aliphatic rings. The second kappa shape index (κ2) is 8.19. The standard InChI is InChI=1S/C14H29N7O/c1-11(2)13(18(3)4)14(22)20(6)9-8-19(5)10-12-15-16-17-21(12)7/h11,13H,8-10H2,1-7H3/t13-/m0/s1. The number of likely N-dealkylation sites (N-methyl/N-ethyl adjacent to an activating group) is 3. The van der Waals surface area contributed by atoms with Crippen molar-refractivity contribution in [2.24, 2.45) is 13.0 Å². The van der Waals surface area contributed by atoms with Crippen molar-refractivity contribution in [2.75, 3.05) is 41.3 Å². The average Bonchev–Trinajstić information content (AvgIpc) is 2.80. The van der Waals surface area contributed by atoms with Crippen LogP contribution in [0.25, 0.3) is 0 Å². The van der Waals surface area contributed by atoms with Gasteiger partial charge in [-0.15, -0.1) is 5.10 Å². The molecule has 0 saturated carbocycles. The smallest absolute Gasteiger partial charge is 0.239 e. The molecule has 0 radical (unpaired) electrons. The first-order valence-electron chi connectivity index (χ1n) is 7.55. The molecular weight excluding hydrogens is 282 g/mol. The van der Waals surface area contributed by atoms with Crippen LogP contribution in [-0.2, 0) is 18.4 Å². The molecule has 0 aliphatic heterocycles. The molecule has 0 aliphatic carbocycles. The van der Waals surface area contributed by atoms with Crippen molar-refractivity contribution in [3.05, 3.63) is 5.82 Å². The summed E-state index contributed by atoms with van der Waals surface area (Å²) < 4.78 is 1.66. The molecule has 1 heterocycles. The van der Waals surface area contributed by atoms with Gasteiger partial charge in [-0.1, -0.05) is 13.8 Å². The topological polar surface area (TPSA) is 70.4 Å². The van der Waals surface area contributed by atoms with Gasteiger partial charge in [0.1, 0.15) is 0 Å². The molecule has 0 aromatic carbocycles. The molecule has 0 bridgehead atoms. The van der Waals surface area contributed by atoms with Gasteiger partial charge >= 0.3 is 0 Å². The number of rotatable bonds is 8. The zero-order chi connectivity index (χ0) is 16.9. The lowest BCUT2D eigenvalue weighted by atomic mass is 10.0. The summed E-state index contributed by atoms with van der Waals surface area (Å²) in [5, 5.41) is 11.4. The van der Waals surface area contributed by atoms with Crippen molar-refractivity contribution in [3.63, 3.8) is 0 Å². The van der Waals surface area contributed by atoms with Crippen molar-refractivity contribution in [1.82, 2.24) is 34.9 Å². The molecule has 8 nitrogen and oxygen atoms in total. The number of hydrogen-bond acceptors (Lipinski definition) is 6. The minimum Gasteiger partial charge on any atom is -0.343 e. The molecule has 1 amide bonds. The maximum Gasteiger partial charge on any atom is 0.239 e. The fourth-order valence-electron chi connectivity index (χ4n) is 2.46. The van der Waals surface area contributed by atoms with Crippen molar-refractivity contribution >= 4 is 5.91 Å². The summed E-state index contributed by atoms with van der Waals surface area (Å²) >= 11 is 0. The van der Waals surface area contributed by atoms with E-state index < -0.39 is 0 Å². The van der Waals surface area contributed by atoms with Crippen LogP contribution in [0.5, 0.6) is 0 Å². The van der Waals surface area contributed by atoms with E-state index in [9.17, 15) is 4.79 Å². The molecule has 1 atom stereocenters. The van der Waals surface area contributed by atoms with E-state index in [1.807, 2.05) is 40.1 Å². The Morgan fingerprint density at radius 1 is 1.18 bits per heavy atom. The Balaban J connectivity index is 2.49. The minimum absolute atomic E-state index is 0.0850. The normalized spacial score (nSPS) is 13.2. The molecule has 1 aromatic rings. The van der Waals surface area contributed by atoms with Crippen molar-refractivity contribution in [3.8, 4) is 0 Å². The van der Waals surface area contributed by atoms with Crippen LogP contribution >= 0.6 is 0 Å². The Morgan fingerprint density at radius 2 is 1.82 bits per heavy atom. The Kier molecular flexibility index (Phi) is 6.89. The Morgan fingerprint density at radius 3 is 2.27 bits per heavy atom. The molecule has 0 spiro atoms. The highest BCUT2D eigenvalue weighted by molar-refractivity contribution is 5.81. The van der Waals surface area contributed by atoms with E-state index in [1.165, 1.54) is 0 Å². The summed E-state index contributed by atoms with van der Waals surface area (Å²) in [4.78, 5) is 18.4. The number of amides is 1. The SMILES string of the molecule is CC(C)[C@@H](C(=O)N(C)CCN(C)Cc1nnnn1C)N(C)C. The Labute approximate surface area is 133 Å². The number of hydrogen-bond donors (Lipinski definition) is 0. The lowest BCUT2D eigenvalue weighted by molar-refractivity contribution is -0.136. The number of aromatic nitrogens is 4. The van der Waals surface area contributed by atoms with E-state index in [1.54, 1.807) is 9.58 Å². The van der Waals surface area contributed by atoms with Gasteiger partial charge in [-0.05, 0) is 37.5 Å². The number of carbonyl (C=O) groups is 1. The fraction of sp³-hybridized carbons (Fsp3) is 0.857. The van der Waals surface area contributed by atoms with E-state index in [0.717, 1.165) is 12.4 Å². The summed E-state index contributed by atoms with van der Waals surface area (Å²) in [6.45, 7) is 6.26. The monoisotopic (exact) mass is 311 g/mol. The van der Waals surface area contributed by atoms with Gasteiger partial charge < -0.3 is 4.90 Å². The molecular formula is C14H29N7O. The van der Waals surface area contributed by atoms with Crippen LogP contribution in [0, 0.1) is 5.92 Å². The quantitative estimate of drug-likeness (QED) is 0.656. The molecule has 0 N–H and O–H groups in total. The first kappa shape index (κ1) is 18.5. The number of carbonyl (C=O) groups excluding carboxylic acids is 1. The molecule has 22 heavy (non-hydrogen) atoms. The van der Waals surface area contributed by atoms with Gasteiger partial charge in [-0.25, -0.2) is 4.68 Å². The largest absolute Gasteiger partial charge is 0.343 e. The number of tetrazole rings is 1. The van der Waals surface area contributed by atoms with Crippen molar-refractivity contribution in [1.29, 1.82) is 0 Å². The van der Waals surface area contributed by atoms with E-state index in [0.29, 0.717) is 13.1 Å². The van der Waals surface area contributed by atoms with E-state index in [4.69, 9.17) is 0 Å². The Hall–Kier alpha value is -1.54. The highest BCUT2D eigenvalue weighted by atomic mass is 16.2. The summed E-state index contributed by atoms with van der Waals surface area (Å²) in [6, 6.07) is -0.0850. The molecule has 1 rings (SSSR count). The summed E-state index contributed by atoms with van der Waals surface area (Å²) in [5.41, 5.74) is 0. The molecule has 0 saturated heterocycles. The minimum atomic E-state index is -0.0850. The number of aryl methyl sites for hydroxylation is 1. The summed E-state index contributed by atoms with van der Waals surface area (Å²) in [6.07, 6.45) is 0. The van der Waals surface area contributed by atoms with E-state index in [-0.39, 0.29) is 17.9 Å². The van der Waals surface area contributed by atoms with Crippen LogP contribution in [0.4, 0.5) is 0 Å². The van der Waals surface area contributed by atoms with Crippen LogP contribution < -0.4 is 0 Å².